The first-order valence-corrected chi connectivity index (χ1v) is 10.2. The number of aliphatic hydroxyl groups excluding tert-OH is 1. The highest BCUT2D eigenvalue weighted by Crippen LogP contribution is 2.29. The molecule has 1 fully saturated rings. The molecule has 2 N–H and O–H groups in total. The molecule has 0 bridgehead atoms. The molecule has 0 spiro atoms. The third-order valence-electron chi connectivity index (χ3n) is 4.37. The summed E-state index contributed by atoms with van der Waals surface area (Å²) in [5.41, 5.74) is 1.26. The van der Waals surface area contributed by atoms with Gasteiger partial charge in [0.15, 0.2) is 0 Å². The molecular formula is C17H18Cl2N2O3S. The van der Waals surface area contributed by atoms with Gasteiger partial charge in [-0.3, -0.25) is 4.98 Å². The molecule has 0 saturated heterocycles. The highest BCUT2D eigenvalue weighted by molar-refractivity contribution is 7.89. The van der Waals surface area contributed by atoms with Crippen molar-refractivity contribution in [2.75, 3.05) is 6.61 Å². The summed E-state index contributed by atoms with van der Waals surface area (Å²) in [5.74, 6) is 0.174. The SMILES string of the molecule is O=S(=O)(N[C@H]1CCC(CO)C1)c1ccc(-c2ncc(Cl)cc2Cl)cc1. The maximum Gasteiger partial charge on any atom is 0.240 e. The number of hydrogen-bond acceptors (Lipinski definition) is 4. The monoisotopic (exact) mass is 400 g/mol. The predicted molar refractivity (Wildman–Crippen MR) is 98.2 cm³/mol. The molecule has 0 amide bonds. The fraction of sp³-hybridized carbons (Fsp3) is 0.353. The number of nitrogens with zero attached hydrogens (tertiary/aromatic N) is 1. The Morgan fingerprint density at radius 1 is 1.20 bits per heavy atom. The summed E-state index contributed by atoms with van der Waals surface area (Å²) in [6, 6.07) is 7.86. The molecule has 134 valence electrons. The molecule has 1 saturated carbocycles. The minimum atomic E-state index is -3.60. The predicted octanol–water partition coefficient (Wildman–Crippen LogP) is 3.49. The molecule has 1 aromatic carbocycles. The van der Waals surface area contributed by atoms with Crippen LogP contribution in [-0.4, -0.2) is 31.2 Å². The van der Waals surface area contributed by atoms with Crippen LogP contribution < -0.4 is 4.72 Å². The largest absolute Gasteiger partial charge is 0.396 e. The maximum atomic E-state index is 12.5. The molecule has 1 unspecified atom stereocenters. The average molecular weight is 401 g/mol. The number of nitrogens with one attached hydrogen (secondary N) is 1. The Labute approximate surface area is 157 Å². The average Bonchev–Trinajstić information content (AvgIpc) is 3.02. The summed E-state index contributed by atoms with van der Waals surface area (Å²) >= 11 is 12.0. The zero-order valence-corrected chi connectivity index (χ0v) is 15.7. The molecule has 1 aliphatic carbocycles. The third-order valence-corrected chi connectivity index (χ3v) is 6.40. The number of rotatable bonds is 5. The van der Waals surface area contributed by atoms with Crippen LogP contribution in [0, 0.1) is 5.92 Å². The Morgan fingerprint density at radius 3 is 2.52 bits per heavy atom. The molecule has 2 atom stereocenters. The van der Waals surface area contributed by atoms with E-state index in [9.17, 15) is 13.5 Å². The summed E-state index contributed by atoms with van der Waals surface area (Å²) in [6.07, 6.45) is 3.74. The number of hydrogen-bond donors (Lipinski definition) is 2. The number of pyridine rings is 1. The normalized spacial score (nSPS) is 20.8. The zero-order chi connectivity index (χ0) is 18.0. The zero-order valence-electron chi connectivity index (χ0n) is 13.3. The van der Waals surface area contributed by atoms with Crippen LogP contribution in [0.3, 0.4) is 0 Å². The van der Waals surface area contributed by atoms with E-state index >= 15 is 0 Å². The first-order chi connectivity index (χ1) is 11.9. The standard InChI is InChI=1S/C17H18Cl2N2O3S/c18-13-8-16(19)17(20-9-13)12-2-5-15(6-3-12)25(23,24)21-14-4-1-11(7-14)10-22/h2-3,5-6,8-9,11,14,21-22H,1,4,7,10H2/t11?,14-/m0/s1. The van der Waals surface area contributed by atoms with Crippen LogP contribution in [0.5, 0.6) is 0 Å². The van der Waals surface area contributed by atoms with Crippen molar-refractivity contribution in [3.63, 3.8) is 0 Å². The van der Waals surface area contributed by atoms with Crippen molar-refractivity contribution in [1.29, 1.82) is 0 Å². The molecule has 25 heavy (non-hydrogen) atoms. The summed E-state index contributed by atoms with van der Waals surface area (Å²) in [7, 11) is -3.60. The first-order valence-electron chi connectivity index (χ1n) is 7.93. The van der Waals surface area contributed by atoms with Crippen LogP contribution in [0.25, 0.3) is 11.3 Å². The van der Waals surface area contributed by atoms with Crippen molar-refractivity contribution in [1.82, 2.24) is 9.71 Å². The Bertz CT molecular complexity index is 857. The highest BCUT2D eigenvalue weighted by atomic mass is 35.5. The minimum absolute atomic E-state index is 0.0990. The molecule has 0 radical (unpaired) electrons. The summed E-state index contributed by atoms with van der Waals surface area (Å²) in [5, 5.41) is 10.0. The second-order valence-electron chi connectivity index (χ2n) is 6.19. The Morgan fingerprint density at radius 2 is 1.92 bits per heavy atom. The smallest absolute Gasteiger partial charge is 0.240 e. The Hall–Kier alpha value is -1.18. The van der Waals surface area contributed by atoms with Crippen LogP contribution in [-0.2, 0) is 10.0 Å². The molecule has 0 aliphatic heterocycles. The van der Waals surface area contributed by atoms with Crippen LogP contribution in [0.2, 0.25) is 10.0 Å². The lowest BCUT2D eigenvalue weighted by molar-refractivity contribution is 0.228. The van der Waals surface area contributed by atoms with Crippen LogP contribution in [0.4, 0.5) is 0 Å². The molecule has 2 aromatic rings. The molecule has 1 aromatic heterocycles. The number of aromatic nitrogens is 1. The van der Waals surface area contributed by atoms with E-state index in [2.05, 4.69) is 9.71 Å². The van der Waals surface area contributed by atoms with Crippen molar-refractivity contribution >= 4 is 33.2 Å². The molecule has 1 heterocycles. The minimum Gasteiger partial charge on any atom is -0.396 e. The van der Waals surface area contributed by atoms with Gasteiger partial charge in [0.05, 0.1) is 20.6 Å². The fourth-order valence-corrected chi connectivity index (χ4v) is 4.83. The molecule has 5 nitrogen and oxygen atoms in total. The summed E-state index contributed by atoms with van der Waals surface area (Å²) in [4.78, 5) is 4.38. The quantitative estimate of drug-likeness (QED) is 0.804. The van der Waals surface area contributed by atoms with Crippen LogP contribution in [0.1, 0.15) is 19.3 Å². The number of sulfonamides is 1. The van der Waals surface area contributed by atoms with E-state index < -0.39 is 10.0 Å². The summed E-state index contributed by atoms with van der Waals surface area (Å²) in [6.45, 7) is 0.0990. The van der Waals surface area contributed by atoms with Crippen molar-refractivity contribution in [2.24, 2.45) is 5.92 Å². The van der Waals surface area contributed by atoms with Gasteiger partial charge in [-0.15, -0.1) is 0 Å². The van der Waals surface area contributed by atoms with Gasteiger partial charge in [0, 0.05) is 24.4 Å². The van der Waals surface area contributed by atoms with Gasteiger partial charge in [0.1, 0.15) is 0 Å². The topological polar surface area (TPSA) is 79.3 Å². The third kappa shape index (κ3) is 4.33. The van der Waals surface area contributed by atoms with Crippen molar-refractivity contribution < 1.29 is 13.5 Å². The Balaban J connectivity index is 1.77. The van der Waals surface area contributed by atoms with Crippen molar-refractivity contribution in [2.45, 2.75) is 30.2 Å². The van der Waals surface area contributed by atoms with Gasteiger partial charge >= 0.3 is 0 Å². The second-order valence-corrected chi connectivity index (χ2v) is 8.75. The lowest BCUT2D eigenvalue weighted by atomic mass is 10.1. The first kappa shape index (κ1) is 18.6. The second kappa shape index (κ2) is 7.60. The van der Waals surface area contributed by atoms with Gasteiger partial charge < -0.3 is 5.11 Å². The fourth-order valence-electron chi connectivity index (χ4n) is 3.05. The van der Waals surface area contributed by atoms with E-state index in [0.717, 1.165) is 12.8 Å². The lowest BCUT2D eigenvalue weighted by Gasteiger charge is -2.13. The number of aliphatic hydroxyl groups is 1. The van der Waals surface area contributed by atoms with Gasteiger partial charge in [-0.25, -0.2) is 13.1 Å². The van der Waals surface area contributed by atoms with E-state index in [1.165, 1.54) is 18.3 Å². The van der Waals surface area contributed by atoms with Gasteiger partial charge in [0.25, 0.3) is 0 Å². The molecule has 8 heteroatoms. The number of halogens is 2. The van der Waals surface area contributed by atoms with Gasteiger partial charge in [0.2, 0.25) is 10.0 Å². The van der Waals surface area contributed by atoms with Crippen LogP contribution in [0.15, 0.2) is 41.4 Å². The van der Waals surface area contributed by atoms with E-state index in [-0.39, 0.29) is 23.5 Å². The molecular weight excluding hydrogens is 383 g/mol. The number of benzene rings is 1. The van der Waals surface area contributed by atoms with E-state index in [1.54, 1.807) is 18.2 Å². The molecule has 1 aliphatic rings. The van der Waals surface area contributed by atoms with Gasteiger partial charge in [-0.2, -0.15) is 0 Å². The Kier molecular flexibility index (Phi) is 5.65. The van der Waals surface area contributed by atoms with E-state index in [4.69, 9.17) is 23.2 Å². The van der Waals surface area contributed by atoms with Crippen molar-refractivity contribution in [3.05, 3.63) is 46.6 Å². The molecule has 3 rings (SSSR count). The lowest BCUT2D eigenvalue weighted by Crippen LogP contribution is -2.33. The summed E-state index contributed by atoms with van der Waals surface area (Å²) < 4.78 is 27.7. The van der Waals surface area contributed by atoms with Crippen molar-refractivity contribution in [3.8, 4) is 11.3 Å². The maximum absolute atomic E-state index is 12.5. The highest BCUT2D eigenvalue weighted by Gasteiger charge is 2.28. The van der Waals surface area contributed by atoms with E-state index in [1.807, 2.05) is 0 Å². The van der Waals surface area contributed by atoms with Crippen LogP contribution >= 0.6 is 23.2 Å². The van der Waals surface area contributed by atoms with Gasteiger partial charge in [-0.1, -0.05) is 35.3 Å². The van der Waals surface area contributed by atoms with Gasteiger partial charge in [-0.05, 0) is 43.4 Å². The van der Waals surface area contributed by atoms with E-state index in [0.29, 0.717) is 27.7 Å².